The first kappa shape index (κ1) is 16.9. The molecule has 1 fully saturated rings. The summed E-state index contributed by atoms with van der Waals surface area (Å²) in [5.74, 6) is 1.80. The second-order valence-corrected chi connectivity index (χ2v) is 6.47. The molecule has 0 saturated heterocycles. The molecular formula is C19H30O. The topological polar surface area (TPSA) is 17.1 Å². The van der Waals surface area contributed by atoms with Gasteiger partial charge in [-0.2, -0.15) is 0 Å². The molecule has 1 heteroatoms. The zero-order valence-corrected chi connectivity index (χ0v) is 13.6. The summed E-state index contributed by atoms with van der Waals surface area (Å²) in [5, 5.41) is 0. The van der Waals surface area contributed by atoms with E-state index in [4.69, 9.17) is 0 Å². The van der Waals surface area contributed by atoms with Gasteiger partial charge in [0.05, 0.1) is 0 Å². The third-order valence-electron chi connectivity index (χ3n) is 3.89. The summed E-state index contributed by atoms with van der Waals surface area (Å²) in [7, 11) is 0. The summed E-state index contributed by atoms with van der Waals surface area (Å²) in [4.78, 5) is 9.44. The van der Waals surface area contributed by atoms with Crippen LogP contribution >= 0.6 is 0 Å². The van der Waals surface area contributed by atoms with Crippen LogP contribution in [0.2, 0.25) is 0 Å². The van der Waals surface area contributed by atoms with Crippen molar-refractivity contribution in [3.05, 3.63) is 35.5 Å². The lowest BCUT2D eigenvalue weighted by atomic mass is 9.97. The third kappa shape index (κ3) is 6.88. The quantitative estimate of drug-likeness (QED) is 0.651. The van der Waals surface area contributed by atoms with Crippen LogP contribution in [0.25, 0.3) is 0 Å². The van der Waals surface area contributed by atoms with Crippen molar-refractivity contribution in [2.45, 2.75) is 66.2 Å². The van der Waals surface area contributed by atoms with Crippen molar-refractivity contribution < 1.29 is 4.79 Å². The summed E-state index contributed by atoms with van der Waals surface area (Å²) in [6.45, 7) is 7.61. The summed E-state index contributed by atoms with van der Waals surface area (Å²) in [6, 6.07) is 0. The fourth-order valence-corrected chi connectivity index (χ4v) is 2.81. The Balaban J connectivity index is 0.000000444. The van der Waals surface area contributed by atoms with Crippen LogP contribution in [0.3, 0.4) is 0 Å². The molecule has 0 radical (unpaired) electrons. The van der Waals surface area contributed by atoms with Gasteiger partial charge in [-0.05, 0) is 44.1 Å². The van der Waals surface area contributed by atoms with Gasteiger partial charge in [0, 0.05) is 0 Å². The molecule has 0 N–H and O–H groups in total. The first-order valence-electron chi connectivity index (χ1n) is 8.03. The predicted molar refractivity (Wildman–Crippen MR) is 87.7 cm³/mol. The first-order valence-corrected chi connectivity index (χ1v) is 8.03. The summed E-state index contributed by atoms with van der Waals surface area (Å²) >= 11 is 0. The molecule has 20 heavy (non-hydrogen) atoms. The van der Waals surface area contributed by atoms with Crippen LogP contribution in [-0.2, 0) is 4.79 Å². The summed E-state index contributed by atoms with van der Waals surface area (Å²) < 4.78 is 0. The molecule has 0 atom stereocenters. The van der Waals surface area contributed by atoms with E-state index in [9.17, 15) is 4.79 Å². The van der Waals surface area contributed by atoms with Crippen molar-refractivity contribution in [1.82, 2.24) is 0 Å². The number of hydrogen-bond donors (Lipinski definition) is 0. The van der Waals surface area contributed by atoms with E-state index in [0.29, 0.717) is 5.92 Å². The molecule has 0 heterocycles. The Morgan fingerprint density at radius 1 is 1.15 bits per heavy atom. The van der Waals surface area contributed by atoms with Gasteiger partial charge in [-0.3, -0.25) is 0 Å². The van der Waals surface area contributed by atoms with Crippen molar-refractivity contribution in [3.63, 3.8) is 0 Å². The Morgan fingerprint density at radius 2 is 1.75 bits per heavy atom. The van der Waals surface area contributed by atoms with E-state index >= 15 is 0 Å². The minimum absolute atomic E-state index is 0.167. The van der Waals surface area contributed by atoms with E-state index in [1.54, 1.807) is 5.57 Å². The van der Waals surface area contributed by atoms with Crippen LogP contribution in [0, 0.1) is 11.8 Å². The second kappa shape index (κ2) is 8.94. The Morgan fingerprint density at radius 3 is 2.30 bits per heavy atom. The lowest BCUT2D eigenvalue weighted by Crippen LogP contribution is -1.94. The third-order valence-corrected chi connectivity index (χ3v) is 3.89. The van der Waals surface area contributed by atoms with Crippen LogP contribution < -0.4 is 0 Å². The SMILES string of the molecule is CC(C)=O.CC(C)C1=CCC=C(CC2CCCC2)C=C1. The van der Waals surface area contributed by atoms with Gasteiger partial charge in [0.2, 0.25) is 0 Å². The van der Waals surface area contributed by atoms with Crippen molar-refractivity contribution in [2.24, 2.45) is 11.8 Å². The normalized spacial score (nSPS) is 19.1. The minimum atomic E-state index is 0.167. The number of Topliss-reactive ketones (excluding diaryl/α,β-unsaturated/α-hetero) is 1. The van der Waals surface area contributed by atoms with Gasteiger partial charge in [0.25, 0.3) is 0 Å². The molecule has 0 aromatic carbocycles. The standard InChI is InChI=1S/C16H24.C3H6O/c1-13(2)16-9-5-8-15(10-11-16)12-14-6-3-4-7-14;1-3(2)4/h8-11,13-14H,3-7,12H2,1-2H3;1-2H3. The van der Waals surface area contributed by atoms with Crippen molar-refractivity contribution in [1.29, 1.82) is 0 Å². The van der Waals surface area contributed by atoms with Gasteiger partial charge < -0.3 is 4.79 Å². The van der Waals surface area contributed by atoms with Crippen LogP contribution in [0.5, 0.6) is 0 Å². The van der Waals surface area contributed by atoms with Crippen LogP contribution in [0.4, 0.5) is 0 Å². The Kier molecular flexibility index (Phi) is 7.58. The fraction of sp³-hybridized carbons (Fsp3) is 0.632. The highest BCUT2D eigenvalue weighted by atomic mass is 16.1. The van der Waals surface area contributed by atoms with Gasteiger partial charge in [0.15, 0.2) is 0 Å². The van der Waals surface area contributed by atoms with E-state index in [1.165, 1.54) is 51.5 Å². The van der Waals surface area contributed by atoms with Crippen molar-refractivity contribution in [2.75, 3.05) is 0 Å². The predicted octanol–water partition coefficient (Wildman–Crippen LogP) is 5.63. The highest BCUT2D eigenvalue weighted by molar-refractivity contribution is 5.72. The molecule has 0 bridgehead atoms. The summed E-state index contributed by atoms with van der Waals surface area (Å²) in [6.07, 6.45) is 17.8. The monoisotopic (exact) mass is 274 g/mol. The molecule has 1 nitrogen and oxygen atoms in total. The second-order valence-electron chi connectivity index (χ2n) is 6.47. The van der Waals surface area contributed by atoms with E-state index in [-0.39, 0.29) is 5.78 Å². The number of allylic oxidation sites excluding steroid dienone is 6. The Bertz CT molecular complexity index is 386. The first-order chi connectivity index (χ1) is 9.49. The van der Waals surface area contributed by atoms with Crippen molar-refractivity contribution >= 4 is 5.78 Å². The molecule has 0 aliphatic heterocycles. The number of rotatable bonds is 3. The molecule has 1 saturated carbocycles. The van der Waals surface area contributed by atoms with Crippen LogP contribution in [-0.4, -0.2) is 5.78 Å². The molecule has 0 aromatic rings. The van der Waals surface area contributed by atoms with Gasteiger partial charge >= 0.3 is 0 Å². The van der Waals surface area contributed by atoms with E-state index in [0.717, 1.165) is 12.3 Å². The highest BCUT2D eigenvalue weighted by Gasteiger charge is 2.15. The van der Waals surface area contributed by atoms with Crippen LogP contribution in [0.15, 0.2) is 35.5 Å². The lowest BCUT2D eigenvalue weighted by Gasteiger charge is -2.09. The average molecular weight is 274 g/mol. The van der Waals surface area contributed by atoms with Gasteiger partial charge in [-0.15, -0.1) is 0 Å². The Labute approximate surface area is 124 Å². The van der Waals surface area contributed by atoms with Gasteiger partial charge in [-0.25, -0.2) is 0 Å². The maximum absolute atomic E-state index is 9.44. The molecule has 0 spiro atoms. The molecule has 0 aromatic heterocycles. The maximum atomic E-state index is 9.44. The molecule has 0 unspecified atom stereocenters. The van der Waals surface area contributed by atoms with Gasteiger partial charge in [0.1, 0.15) is 5.78 Å². The van der Waals surface area contributed by atoms with Crippen molar-refractivity contribution in [3.8, 4) is 0 Å². The van der Waals surface area contributed by atoms with E-state index < -0.39 is 0 Å². The van der Waals surface area contributed by atoms with Gasteiger partial charge in [-0.1, -0.05) is 69.4 Å². The molecule has 2 aliphatic rings. The maximum Gasteiger partial charge on any atom is 0.126 e. The van der Waals surface area contributed by atoms with Crippen LogP contribution in [0.1, 0.15) is 66.2 Å². The number of carbonyl (C=O) groups excluding carboxylic acids is 1. The zero-order valence-electron chi connectivity index (χ0n) is 13.6. The lowest BCUT2D eigenvalue weighted by molar-refractivity contribution is -0.114. The average Bonchev–Trinajstić information content (AvgIpc) is 2.73. The fourth-order valence-electron chi connectivity index (χ4n) is 2.81. The zero-order chi connectivity index (χ0) is 15.0. The molecule has 2 rings (SSSR count). The summed E-state index contributed by atoms with van der Waals surface area (Å²) in [5.41, 5.74) is 3.07. The number of carbonyl (C=O) groups is 1. The Hall–Kier alpha value is -1.11. The minimum Gasteiger partial charge on any atom is -0.300 e. The largest absolute Gasteiger partial charge is 0.300 e. The smallest absolute Gasteiger partial charge is 0.126 e. The molecule has 2 aliphatic carbocycles. The number of hydrogen-bond acceptors (Lipinski definition) is 1. The molecular weight excluding hydrogens is 244 g/mol. The molecule has 112 valence electrons. The molecule has 0 amide bonds. The van der Waals surface area contributed by atoms with E-state index in [2.05, 4.69) is 38.2 Å². The number of ketones is 1. The van der Waals surface area contributed by atoms with E-state index in [1.807, 2.05) is 0 Å². The highest BCUT2D eigenvalue weighted by Crippen LogP contribution is 2.31.